The van der Waals surface area contributed by atoms with Gasteiger partial charge in [0, 0.05) is 31.0 Å². The Balaban J connectivity index is 1.76. The molecule has 1 aromatic heterocycles. The van der Waals surface area contributed by atoms with E-state index in [1.807, 2.05) is 6.20 Å². The molecule has 1 aliphatic heterocycles. The summed E-state index contributed by atoms with van der Waals surface area (Å²) in [6, 6.07) is 0.155. The van der Waals surface area contributed by atoms with Gasteiger partial charge in [-0.2, -0.15) is 0 Å². The van der Waals surface area contributed by atoms with Crippen LogP contribution in [-0.2, 0) is 4.74 Å². The van der Waals surface area contributed by atoms with Gasteiger partial charge >= 0.3 is 0 Å². The van der Waals surface area contributed by atoms with Crippen molar-refractivity contribution in [3.8, 4) is 5.88 Å². The van der Waals surface area contributed by atoms with Crippen molar-refractivity contribution in [1.29, 1.82) is 0 Å². The topological polar surface area (TPSA) is 70.3 Å². The fourth-order valence-corrected chi connectivity index (χ4v) is 2.50. The largest absolute Gasteiger partial charge is 0.472 e. The highest BCUT2D eigenvalue weighted by Crippen LogP contribution is 2.33. The van der Waals surface area contributed by atoms with Crippen molar-refractivity contribution in [3.63, 3.8) is 0 Å². The van der Waals surface area contributed by atoms with Gasteiger partial charge in [-0.1, -0.05) is 0 Å². The molecule has 1 aliphatic carbocycles. The molecule has 0 radical (unpaired) electrons. The maximum absolute atomic E-state index is 5.93. The van der Waals surface area contributed by atoms with Crippen molar-refractivity contribution in [2.75, 3.05) is 13.2 Å². The molecule has 2 atom stereocenters. The van der Waals surface area contributed by atoms with E-state index < -0.39 is 0 Å². The smallest absolute Gasteiger partial charge is 0.220 e. The fourth-order valence-electron chi connectivity index (χ4n) is 2.50. The number of ether oxygens (including phenoxy) is 2. The van der Waals surface area contributed by atoms with Crippen molar-refractivity contribution in [1.82, 2.24) is 9.97 Å². The van der Waals surface area contributed by atoms with Gasteiger partial charge in [0.2, 0.25) is 5.88 Å². The number of nitrogens with two attached hydrogens (primary N) is 1. The van der Waals surface area contributed by atoms with E-state index in [0.29, 0.717) is 5.92 Å². The standard InChI is InChI=1S/C13H19N3O2/c14-11-1-2-12(11)18-13-10(7-15-8-16-13)9-3-5-17-6-4-9/h7-9,11-12H,1-6,14H2. The molecule has 5 nitrogen and oxygen atoms in total. The summed E-state index contributed by atoms with van der Waals surface area (Å²) in [5.74, 6) is 1.17. The third kappa shape index (κ3) is 2.33. The third-order valence-corrected chi connectivity index (χ3v) is 3.89. The Morgan fingerprint density at radius 3 is 2.72 bits per heavy atom. The predicted octanol–water partition coefficient (Wildman–Crippen LogP) is 1.24. The van der Waals surface area contributed by atoms with E-state index in [4.69, 9.17) is 15.2 Å². The van der Waals surface area contributed by atoms with Gasteiger partial charge in [-0.3, -0.25) is 0 Å². The molecular formula is C13H19N3O2. The monoisotopic (exact) mass is 249 g/mol. The van der Waals surface area contributed by atoms with Gasteiger partial charge in [-0.05, 0) is 31.6 Å². The first-order chi connectivity index (χ1) is 8.84. The number of hydrogen-bond acceptors (Lipinski definition) is 5. The second-order valence-corrected chi connectivity index (χ2v) is 5.07. The lowest BCUT2D eigenvalue weighted by Gasteiger charge is -2.34. The van der Waals surface area contributed by atoms with E-state index in [-0.39, 0.29) is 12.1 Å². The molecule has 98 valence electrons. The van der Waals surface area contributed by atoms with E-state index in [2.05, 4.69) is 9.97 Å². The second-order valence-electron chi connectivity index (χ2n) is 5.07. The van der Waals surface area contributed by atoms with Crippen LogP contribution in [0, 0.1) is 0 Å². The van der Waals surface area contributed by atoms with Crippen LogP contribution in [0.4, 0.5) is 0 Å². The van der Waals surface area contributed by atoms with Crippen molar-refractivity contribution >= 4 is 0 Å². The Labute approximate surface area is 107 Å². The first kappa shape index (κ1) is 11.9. The van der Waals surface area contributed by atoms with E-state index in [1.165, 1.54) is 0 Å². The van der Waals surface area contributed by atoms with Crippen LogP contribution in [0.15, 0.2) is 12.5 Å². The van der Waals surface area contributed by atoms with Crippen LogP contribution in [0.1, 0.15) is 37.2 Å². The number of hydrogen-bond donors (Lipinski definition) is 1. The Morgan fingerprint density at radius 1 is 1.22 bits per heavy atom. The molecule has 18 heavy (non-hydrogen) atoms. The molecule has 1 saturated heterocycles. The fraction of sp³-hybridized carbons (Fsp3) is 0.692. The minimum atomic E-state index is 0.124. The average molecular weight is 249 g/mol. The molecular weight excluding hydrogens is 230 g/mol. The SMILES string of the molecule is NC1CCC1Oc1ncncc1C1CCOCC1. The van der Waals surface area contributed by atoms with Crippen LogP contribution in [0.25, 0.3) is 0 Å². The summed E-state index contributed by atoms with van der Waals surface area (Å²) >= 11 is 0. The maximum atomic E-state index is 5.93. The molecule has 1 aromatic rings. The van der Waals surface area contributed by atoms with Crippen LogP contribution in [-0.4, -0.2) is 35.3 Å². The van der Waals surface area contributed by atoms with E-state index in [0.717, 1.165) is 50.3 Å². The van der Waals surface area contributed by atoms with Gasteiger partial charge < -0.3 is 15.2 Å². The summed E-state index contributed by atoms with van der Waals surface area (Å²) in [5, 5.41) is 0. The maximum Gasteiger partial charge on any atom is 0.220 e. The molecule has 2 aliphatic rings. The van der Waals surface area contributed by atoms with Crippen LogP contribution >= 0.6 is 0 Å². The molecule has 2 N–H and O–H groups in total. The Hall–Kier alpha value is -1.20. The first-order valence-electron chi connectivity index (χ1n) is 6.64. The molecule has 0 aromatic carbocycles. The van der Waals surface area contributed by atoms with Gasteiger partial charge in [0.1, 0.15) is 12.4 Å². The molecule has 1 saturated carbocycles. The van der Waals surface area contributed by atoms with Crippen molar-refractivity contribution in [2.45, 2.75) is 43.7 Å². The molecule has 2 heterocycles. The average Bonchev–Trinajstić information content (AvgIpc) is 2.44. The van der Waals surface area contributed by atoms with E-state index in [9.17, 15) is 0 Å². The van der Waals surface area contributed by atoms with Gasteiger partial charge in [-0.15, -0.1) is 0 Å². The van der Waals surface area contributed by atoms with Gasteiger partial charge in [0.15, 0.2) is 0 Å². The molecule has 3 rings (SSSR count). The summed E-state index contributed by atoms with van der Waals surface area (Å²) in [7, 11) is 0. The summed E-state index contributed by atoms with van der Waals surface area (Å²) in [5.41, 5.74) is 7.02. The molecule has 0 amide bonds. The van der Waals surface area contributed by atoms with E-state index in [1.54, 1.807) is 6.33 Å². The normalized spacial score (nSPS) is 28.7. The first-order valence-corrected chi connectivity index (χ1v) is 6.64. The molecule has 2 unspecified atom stereocenters. The second kappa shape index (κ2) is 5.20. The number of nitrogens with zero attached hydrogens (tertiary/aromatic N) is 2. The summed E-state index contributed by atoms with van der Waals surface area (Å²) < 4.78 is 11.3. The van der Waals surface area contributed by atoms with Crippen LogP contribution in [0.5, 0.6) is 5.88 Å². The molecule has 0 bridgehead atoms. The van der Waals surface area contributed by atoms with E-state index >= 15 is 0 Å². The quantitative estimate of drug-likeness (QED) is 0.872. The van der Waals surface area contributed by atoms with Gasteiger partial charge in [0.05, 0.1) is 0 Å². The summed E-state index contributed by atoms with van der Waals surface area (Å²) in [6.45, 7) is 1.61. The zero-order valence-corrected chi connectivity index (χ0v) is 10.4. The van der Waals surface area contributed by atoms with Crippen LogP contribution in [0.2, 0.25) is 0 Å². The van der Waals surface area contributed by atoms with Crippen LogP contribution < -0.4 is 10.5 Å². The Morgan fingerprint density at radius 2 is 2.06 bits per heavy atom. The lowest BCUT2D eigenvalue weighted by Crippen LogP contribution is -2.47. The van der Waals surface area contributed by atoms with Gasteiger partial charge in [-0.25, -0.2) is 9.97 Å². The predicted molar refractivity (Wildman–Crippen MR) is 66.5 cm³/mol. The third-order valence-electron chi connectivity index (χ3n) is 3.89. The number of aromatic nitrogens is 2. The molecule has 2 fully saturated rings. The summed E-state index contributed by atoms with van der Waals surface area (Å²) in [6.07, 6.45) is 7.64. The zero-order valence-electron chi connectivity index (χ0n) is 10.4. The Bertz CT molecular complexity index is 407. The Kier molecular flexibility index (Phi) is 3.43. The highest BCUT2D eigenvalue weighted by Gasteiger charge is 2.31. The lowest BCUT2D eigenvalue weighted by atomic mass is 9.89. The van der Waals surface area contributed by atoms with Crippen molar-refractivity contribution < 1.29 is 9.47 Å². The molecule has 5 heteroatoms. The minimum absolute atomic E-state index is 0.124. The zero-order chi connectivity index (χ0) is 12.4. The minimum Gasteiger partial charge on any atom is -0.472 e. The van der Waals surface area contributed by atoms with Crippen LogP contribution in [0.3, 0.4) is 0 Å². The van der Waals surface area contributed by atoms with Crippen molar-refractivity contribution in [2.24, 2.45) is 5.73 Å². The highest BCUT2D eigenvalue weighted by molar-refractivity contribution is 5.27. The van der Waals surface area contributed by atoms with Gasteiger partial charge in [0.25, 0.3) is 0 Å². The highest BCUT2D eigenvalue weighted by atomic mass is 16.5. The van der Waals surface area contributed by atoms with Crippen molar-refractivity contribution in [3.05, 3.63) is 18.1 Å². The lowest BCUT2D eigenvalue weighted by molar-refractivity contribution is 0.0747. The number of rotatable bonds is 3. The summed E-state index contributed by atoms with van der Waals surface area (Å²) in [4.78, 5) is 8.41. The molecule has 0 spiro atoms.